The van der Waals surface area contributed by atoms with Crippen LogP contribution in [-0.4, -0.2) is 34.6 Å². The van der Waals surface area contributed by atoms with E-state index < -0.39 is 12.0 Å². The van der Waals surface area contributed by atoms with E-state index in [-0.39, 0.29) is 18.1 Å². The molecule has 0 saturated carbocycles. The highest BCUT2D eigenvalue weighted by Gasteiger charge is 2.14. The van der Waals surface area contributed by atoms with Gasteiger partial charge in [-0.2, -0.15) is 0 Å². The fourth-order valence-corrected chi connectivity index (χ4v) is 1.74. The minimum absolute atomic E-state index is 0.0411. The second-order valence-corrected chi connectivity index (χ2v) is 4.29. The molecule has 7 heteroatoms. The molecule has 0 radical (unpaired) electrons. The lowest BCUT2D eigenvalue weighted by Gasteiger charge is -2.13. The first-order chi connectivity index (χ1) is 10.1. The summed E-state index contributed by atoms with van der Waals surface area (Å²) in [6, 6.07) is 6.93. The zero-order valence-electron chi connectivity index (χ0n) is 11.5. The molecule has 0 spiro atoms. The number of carbonyl (C=O) groups is 1. The summed E-state index contributed by atoms with van der Waals surface area (Å²) >= 11 is 0. The minimum Gasteiger partial charge on any atom is -0.497 e. The third-order valence-electron chi connectivity index (χ3n) is 2.90. The van der Waals surface area contributed by atoms with Crippen molar-refractivity contribution in [2.75, 3.05) is 19.4 Å². The maximum Gasteiger partial charge on any atom is 0.273 e. The number of aromatic nitrogens is 2. The van der Waals surface area contributed by atoms with Gasteiger partial charge in [-0.05, 0) is 17.7 Å². The monoisotopic (exact) mass is 288 g/mol. The van der Waals surface area contributed by atoms with E-state index in [2.05, 4.69) is 15.3 Å². The standard InChI is InChI=1S/C14H16N4O3/c1-21-10-4-2-9(3-5-10)11(19)8-18-14(20)12-13(15)17-7-6-16-12/h2-7,11,19H,8H2,1H3,(H2,15,17)(H,18,20)/t11-/m0/s1. The average molecular weight is 288 g/mol. The smallest absolute Gasteiger partial charge is 0.273 e. The van der Waals surface area contributed by atoms with Crippen molar-refractivity contribution in [3.63, 3.8) is 0 Å². The summed E-state index contributed by atoms with van der Waals surface area (Å²) in [7, 11) is 1.57. The van der Waals surface area contributed by atoms with Crippen LogP contribution in [0.3, 0.4) is 0 Å². The number of nitrogen functional groups attached to an aromatic ring is 1. The molecule has 0 unspecified atom stereocenters. The average Bonchev–Trinajstić information content (AvgIpc) is 2.52. The molecule has 2 rings (SSSR count). The first kappa shape index (κ1) is 14.7. The number of aliphatic hydroxyl groups excluding tert-OH is 1. The topological polar surface area (TPSA) is 110 Å². The number of rotatable bonds is 5. The summed E-state index contributed by atoms with van der Waals surface area (Å²) < 4.78 is 5.04. The van der Waals surface area contributed by atoms with E-state index in [0.29, 0.717) is 11.3 Å². The van der Waals surface area contributed by atoms with Gasteiger partial charge in [0.1, 0.15) is 5.75 Å². The van der Waals surface area contributed by atoms with Crippen LogP contribution >= 0.6 is 0 Å². The van der Waals surface area contributed by atoms with Crippen molar-refractivity contribution in [1.29, 1.82) is 0 Å². The molecule has 2 aromatic rings. The third-order valence-corrected chi connectivity index (χ3v) is 2.90. The van der Waals surface area contributed by atoms with Crippen LogP contribution in [0.25, 0.3) is 0 Å². The Morgan fingerprint density at radius 1 is 1.33 bits per heavy atom. The van der Waals surface area contributed by atoms with E-state index in [4.69, 9.17) is 10.5 Å². The highest BCUT2D eigenvalue weighted by Crippen LogP contribution is 2.17. The van der Waals surface area contributed by atoms with Crippen LogP contribution in [0.15, 0.2) is 36.7 Å². The maximum atomic E-state index is 11.9. The number of amides is 1. The van der Waals surface area contributed by atoms with Gasteiger partial charge in [0.15, 0.2) is 11.5 Å². The highest BCUT2D eigenvalue weighted by molar-refractivity contribution is 5.96. The Kier molecular flexibility index (Phi) is 4.68. The summed E-state index contributed by atoms with van der Waals surface area (Å²) in [6.45, 7) is 0.0428. The van der Waals surface area contributed by atoms with Crippen LogP contribution in [0.2, 0.25) is 0 Å². The zero-order chi connectivity index (χ0) is 15.2. The largest absolute Gasteiger partial charge is 0.497 e. The number of ether oxygens (including phenoxy) is 1. The molecule has 110 valence electrons. The van der Waals surface area contributed by atoms with E-state index in [1.165, 1.54) is 12.4 Å². The van der Waals surface area contributed by atoms with Gasteiger partial charge in [0.05, 0.1) is 13.2 Å². The van der Waals surface area contributed by atoms with Gasteiger partial charge in [0, 0.05) is 18.9 Å². The molecule has 0 aliphatic carbocycles. The van der Waals surface area contributed by atoms with Gasteiger partial charge in [0.25, 0.3) is 5.91 Å². The summed E-state index contributed by atoms with van der Waals surface area (Å²) in [4.78, 5) is 19.5. The van der Waals surface area contributed by atoms with Crippen molar-refractivity contribution < 1.29 is 14.6 Å². The van der Waals surface area contributed by atoms with E-state index in [1.807, 2.05) is 0 Å². The molecular weight excluding hydrogens is 272 g/mol. The molecule has 1 aromatic heterocycles. The quantitative estimate of drug-likeness (QED) is 0.740. The van der Waals surface area contributed by atoms with Crippen LogP contribution in [-0.2, 0) is 0 Å². The predicted molar refractivity (Wildman–Crippen MR) is 76.7 cm³/mol. The Bertz CT molecular complexity index is 616. The van der Waals surface area contributed by atoms with Gasteiger partial charge >= 0.3 is 0 Å². The van der Waals surface area contributed by atoms with E-state index in [1.54, 1.807) is 31.4 Å². The second-order valence-electron chi connectivity index (χ2n) is 4.29. The van der Waals surface area contributed by atoms with Crippen molar-refractivity contribution in [2.45, 2.75) is 6.10 Å². The molecular formula is C14H16N4O3. The molecule has 1 heterocycles. The highest BCUT2D eigenvalue weighted by atomic mass is 16.5. The number of nitrogens with zero attached hydrogens (tertiary/aromatic N) is 2. The molecule has 0 saturated heterocycles. The molecule has 0 bridgehead atoms. The molecule has 0 fully saturated rings. The number of hydrogen-bond donors (Lipinski definition) is 3. The fourth-order valence-electron chi connectivity index (χ4n) is 1.74. The van der Waals surface area contributed by atoms with Crippen LogP contribution in [0.1, 0.15) is 22.2 Å². The lowest BCUT2D eigenvalue weighted by atomic mass is 10.1. The maximum absolute atomic E-state index is 11.9. The van der Waals surface area contributed by atoms with E-state index in [9.17, 15) is 9.90 Å². The van der Waals surface area contributed by atoms with Crippen molar-refractivity contribution in [3.8, 4) is 5.75 Å². The summed E-state index contributed by atoms with van der Waals surface area (Å²) in [5.41, 5.74) is 6.27. The zero-order valence-corrected chi connectivity index (χ0v) is 11.5. The number of nitrogens with two attached hydrogens (primary N) is 1. The number of benzene rings is 1. The van der Waals surface area contributed by atoms with Crippen LogP contribution in [0.5, 0.6) is 5.75 Å². The van der Waals surface area contributed by atoms with Crippen LogP contribution in [0, 0.1) is 0 Å². The molecule has 7 nitrogen and oxygen atoms in total. The van der Waals surface area contributed by atoms with Gasteiger partial charge in [-0.1, -0.05) is 12.1 Å². The Balaban J connectivity index is 1.95. The Morgan fingerprint density at radius 3 is 2.62 bits per heavy atom. The molecule has 1 atom stereocenters. The van der Waals surface area contributed by atoms with Crippen LogP contribution < -0.4 is 15.8 Å². The number of carbonyl (C=O) groups excluding carboxylic acids is 1. The van der Waals surface area contributed by atoms with E-state index in [0.717, 1.165) is 0 Å². The third kappa shape index (κ3) is 3.67. The number of methoxy groups -OCH3 is 1. The van der Waals surface area contributed by atoms with Crippen LogP contribution in [0.4, 0.5) is 5.82 Å². The SMILES string of the molecule is COc1ccc([C@@H](O)CNC(=O)c2nccnc2N)cc1. The Hall–Kier alpha value is -2.67. The normalized spacial score (nSPS) is 11.7. The Labute approximate surface area is 121 Å². The predicted octanol–water partition coefficient (Wildman–Crippen LogP) is 0.531. The fraction of sp³-hybridized carbons (Fsp3) is 0.214. The van der Waals surface area contributed by atoms with Crippen molar-refractivity contribution in [1.82, 2.24) is 15.3 Å². The lowest BCUT2D eigenvalue weighted by Crippen LogP contribution is -2.29. The molecule has 0 aliphatic rings. The van der Waals surface area contributed by atoms with Gasteiger partial charge in [-0.25, -0.2) is 9.97 Å². The minimum atomic E-state index is -0.835. The second kappa shape index (κ2) is 6.67. The van der Waals surface area contributed by atoms with Crippen molar-refractivity contribution in [2.24, 2.45) is 0 Å². The lowest BCUT2D eigenvalue weighted by molar-refractivity contribution is 0.0912. The summed E-state index contributed by atoms with van der Waals surface area (Å²) in [5.74, 6) is 0.268. The summed E-state index contributed by atoms with van der Waals surface area (Å²) in [6.07, 6.45) is 1.95. The van der Waals surface area contributed by atoms with Gasteiger partial charge in [-0.15, -0.1) is 0 Å². The molecule has 0 aliphatic heterocycles. The number of aliphatic hydroxyl groups is 1. The molecule has 1 amide bonds. The van der Waals surface area contributed by atoms with Gasteiger partial charge < -0.3 is 20.9 Å². The van der Waals surface area contributed by atoms with Gasteiger partial charge in [0.2, 0.25) is 0 Å². The number of anilines is 1. The van der Waals surface area contributed by atoms with Crippen molar-refractivity contribution >= 4 is 11.7 Å². The van der Waals surface area contributed by atoms with Crippen molar-refractivity contribution in [3.05, 3.63) is 47.9 Å². The summed E-state index contributed by atoms with van der Waals surface area (Å²) in [5, 5.41) is 12.6. The first-order valence-electron chi connectivity index (χ1n) is 6.28. The number of hydrogen-bond acceptors (Lipinski definition) is 6. The molecule has 4 N–H and O–H groups in total. The molecule has 21 heavy (non-hydrogen) atoms. The Morgan fingerprint density at radius 2 is 2.00 bits per heavy atom. The first-order valence-corrected chi connectivity index (χ1v) is 6.28. The number of nitrogens with one attached hydrogen (secondary N) is 1. The molecule has 1 aromatic carbocycles. The van der Waals surface area contributed by atoms with Gasteiger partial charge in [-0.3, -0.25) is 4.79 Å². The van der Waals surface area contributed by atoms with E-state index >= 15 is 0 Å².